The normalized spacial score (nSPS) is 14.6. The first kappa shape index (κ1) is 68.4. The number of aliphatic hydroxyl groups is 1. The molecule has 0 aromatic heterocycles. The number of unbranched alkanes of at least 4 members (excludes halogenated alkanes) is 25. The predicted molar refractivity (Wildman–Crippen MR) is 309 cm³/mol. The molecule has 71 heavy (non-hydrogen) atoms. The third-order valence-corrected chi connectivity index (χ3v) is 13.5. The molecular formula is C62H112N2O6P+. The third-order valence-electron chi connectivity index (χ3n) is 12.5. The van der Waals surface area contributed by atoms with Gasteiger partial charge in [0.05, 0.1) is 39.9 Å². The zero-order valence-electron chi connectivity index (χ0n) is 46.7. The molecule has 0 saturated carbocycles. The fourth-order valence-corrected chi connectivity index (χ4v) is 8.74. The number of carbonyl (C=O) groups excluding carboxylic acids is 1. The zero-order valence-corrected chi connectivity index (χ0v) is 47.6. The maximum atomic E-state index is 13.0. The second-order valence-corrected chi connectivity index (χ2v) is 22.1. The van der Waals surface area contributed by atoms with Crippen LogP contribution in [-0.4, -0.2) is 73.4 Å². The van der Waals surface area contributed by atoms with Gasteiger partial charge in [0.1, 0.15) is 13.2 Å². The minimum Gasteiger partial charge on any atom is -0.387 e. The summed E-state index contributed by atoms with van der Waals surface area (Å²) in [7, 11) is 1.54. The minimum atomic E-state index is -4.37. The molecule has 410 valence electrons. The highest BCUT2D eigenvalue weighted by Crippen LogP contribution is 2.43. The lowest BCUT2D eigenvalue weighted by Crippen LogP contribution is -2.45. The first-order chi connectivity index (χ1) is 34.5. The molecule has 0 aliphatic carbocycles. The van der Waals surface area contributed by atoms with Gasteiger partial charge >= 0.3 is 7.82 Å². The number of rotatable bonds is 52. The molecule has 0 aliphatic rings. The highest BCUT2D eigenvalue weighted by molar-refractivity contribution is 7.47. The molecule has 0 fully saturated rings. The van der Waals surface area contributed by atoms with Crippen LogP contribution in [0.2, 0.25) is 0 Å². The van der Waals surface area contributed by atoms with Gasteiger partial charge in [-0.05, 0) is 83.5 Å². The van der Waals surface area contributed by atoms with E-state index in [1.165, 1.54) is 128 Å². The number of amides is 1. The van der Waals surface area contributed by atoms with Crippen LogP contribution in [-0.2, 0) is 18.4 Å². The molecule has 0 radical (unpaired) electrons. The smallest absolute Gasteiger partial charge is 0.387 e. The molecule has 0 bridgehead atoms. The van der Waals surface area contributed by atoms with E-state index >= 15 is 0 Å². The zero-order chi connectivity index (χ0) is 52.0. The number of aliphatic hydroxyl groups excluding tert-OH is 1. The minimum absolute atomic E-state index is 0.0497. The van der Waals surface area contributed by atoms with Gasteiger partial charge in [-0.25, -0.2) is 4.57 Å². The van der Waals surface area contributed by atoms with Gasteiger partial charge in [-0.15, -0.1) is 0 Å². The molecule has 0 spiro atoms. The average Bonchev–Trinajstić information content (AvgIpc) is 3.33. The van der Waals surface area contributed by atoms with E-state index in [-0.39, 0.29) is 19.1 Å². The average molecular weight is 1010 g/mol. The van der Waals surface area contributed by atoms with Crippen LogP contribution >= 0.6 is 7.82 Å². The van der Waals surface area contributed by atoms with Gasteiger partial charge in [0.15, 0.2) is 0 Å². The van der Waals surface area contributed by atoms with E-state index in [9.17, 15) is 19.4 Å². The number of phosphoric acid groups is 1. The van der Waals surface area contributed by atoms with Gasteiger partial charge in [-0.2, -0.15) is 0 Å². The van der Waals surface area contributed by atoms with E-state index in [4.69, 9.17) is 9.05 Å². The maximum absolute atomic E-state index is 13.0. The van der Waals surface area contributed by atoms with Crippen LogP contribution in [0.5, 0.6) is 0 Å². The molecule has 9 heteroatoms. The fourth-order valence-electron chi connectivity index (χ4n) is 8.00. The van der Waals surface area contributed by atoms with Crippen LogP contribution in [0.25, 0.3) is 0 Å². The molecule has 3 N–H and O–H groups in total. The summed E-state index contributed by atoms with van der Waals surface area (Å²) in [6.07, 6.45) is 75.1. The number of carbonyl (C=O) groups is 1. The van der Waals surface area contributed by atoms with Crippen molar-refractivity contribution in [3.05, 3.63) is 97.2 Å². The van der Waals surface area contributed by atoms with Crippen LogP contribution in [0.1, 0.15) is 239 Å². The summed E-state index contributed by atoms with van der Waals surface area (Å²) in [6, 6.07) is -0.875. The van der Waals surface area contributed by atoms with Crippen LogP contribution in [0.4, 0.5) is 0 Å². The van der Waals surface area contributed by atoms with Gasteiger partial charge in [0, 0.05) is 6.42 Å². The lowest BCUT2D eigenvalue weighted by Gasteiger charge is -2.25. The molecule has 0 aromatic rings. The van der Waals surface area contributed by atoms with Crippen molar-refractivity contribution in [2.45, 2.75) is 251 Å². The molecule has 0 saturated heterocycles. The molecule has 0 aromatic carbocycles. The summed E-state index contributed by atoms with van der Waals surface area (Å²) in [4.78, 5) is 23.3. The lowest BCUT2D eigenvalue weighted by molar-refractivity contribution is -0.870. The summed E-state index contributed by atoms with van der Waals surface area (Å²) < 4.78 is 23.7. The molecule has 8 nitrogen and oxygen atoms in total. The second kappa shape index (κ2) is 52.3. The van der Waals surface area contributed by atoms with Crippen molar-refractivity contribution in [3.63, 3.8) is 0 Å². The topological polar surface area (TPSA) is 105 Å². The Morgan fingerprint density at radius 2 is 0.859 bits per heavy atom. The molecule has 3 atom stereocenters. The van der Waals surface area contributed by atoms with Crippen LogP contribution in [0.15, 0.2) is 97.2 Å². The Morgan fingerprint density at radius 1 is 0.493 bits per heavy atom. The summed E-state index contributed by atoms with van der Waals surface area (Å²) >= 11 is 0. The Kier molecular flexibility index (Phi) is 50.4. The Bertz CT molecular complexity index is 1470. The van der Waals surface area contributed by atoms with E-state index in [1.807, 2.05) is 27.2 Å². The molecule has 0 rings (SSSR count). The third kappa shape index (κ3) is 55.0. The Labute approximate surface area is 439 Å². The number of nitrogens with zero attached hydrogens (tertiary/aromatic N) is 1. The van der Waals surface area contributed by atoms with Crippen molar-refractivity contribution in [2.75, 3.05) is 40.9 Å². The first-order valence-corrected chi connectivity index (χ1v) is 30.6. The molecule has 3 unspecified atom stereocenters. The Balaban J connectivity index is 4.30. The summed E-state index contributed by atoms with van der Waals surface area (Å²) in [5, 5.41) is 13.9. The predicted octanol–water partition coefficient (Wildman–Crippen LogP) is 17.8. The SMILES string of the molecule is CC/C=C\C/C=C\C/C=C\C/C=C\C/C=C\C/C=C\CCCCCCCCCCC(=O)NC(COP(=O)(O)OCC[N+](C)(C)C)C(O)/C=C/CC/C=C/CCCCCCCCCCCCCCCCCC. The monoisotopic (exact) mass is 1010 g/mol. The quantitative estimate of drug-likeness (QED) is 0.0243. The summed E-state index contributed by atoms with van der Waals surface area (Å²) in [5.74, 6) is -0.198. The van der Waals surface area contributed by atoms with Gasteiger partial charge in [-0.3, -0.25) is 13.8 Å². The summed E-state index contributed by atoms with van der Waals surface area (Å²) in [6.45, 7) is 4.68. The van der Waals surface area contributed by atoms with Crippen molar-refractivity contribution < 1.29 is 32.9 Å². The fraction of sp³-hybridized carbons (Fsp3) is 0.726. The Morgan fingerprint density at radius 3 is 1.30 bits per heavy atom. The van der Waals surface area contributed by atoms with Crippen molar-refractivity contribution in [1.82, 2.24) is 5.32 Å². The van der Waals surface area contributed by atoms with Crippen LogP contribution in [0, 0.1) is 0 Å². The molecule has 1 amide bonds. The van der Waals surface area contributed by atoms with Crippen molar-refractivity contribution in [3.8, 4) is 0 Å². The number of hydrogen-bond donors (Lipinski definition) is 3. The van der Waals surface area contributed by atoms with Gasteiger partial charge in [0.2, 0.25) is 5.91 Å². The second-order valence-electron chi connectivity index (χ2n) is 20.6. The summed E-state index contributed by atoms with van der Waals surface area (Å²) in [5.41, 5.74) is 0. The standard InChI is InChI=1S/C62H111N2O6P/c1-6-8-10-12-14-16-18-20-22-24-26-28-30-31-32-33-34-36-38-40-42-44-46-48-50-52-54-56-62(66)63-60(59-70-71(67,68)69-58-57-64(3,4)5)61(65)55-53-51-49-47-45-43-41-39-37-35-29-27-25-23-21-19-17-15-13-11-9-7-2/h8,10,14,16,20,22,26,28,31-32,34,36,45,47,53,55,60-61,65H,6-7,9,11-13,15,17-19,21,23-25,27,29-30,33,35,37-44,46,48-52,54,56-59H2,1-5H3,(H-,63,66,67,68)/p+1/b10-8-,16-14-,22-20-,28-26-,32-31-,36-34-,47-45+,55-53+. The van der Waals surface area contributed by atoms with E-state index in [0.29, 0.717) is 17.4 Å². The van der Waals surface area contributed by atoms with E-state index in [0.717, 1.165) is 89.9 Å². The molecule has 0 heterocycles. The van der Waals surface area contributed by atoms with Crippen molar-refractivity contribution in [2.24, 2.45) is 0 Å². The number of allylic oxidation sites excluding steroid dienone is 15. The molecular weight excluding hydrogens is 900 g/mol. The van der Waals surface area contributed by atoms with Crippen molar-refractivity contribution >= 4 is 13.7 Å². The van der Waals surface area contributed by atoms with Crippen LogP contribution in [0.3, 0.4) is 0 Å². The number of quaternary nitrogens is 1. The number of hydrogen-bond acceptors (Lipinski definition) is 5. The maximum Gasteiger partial charge on any atom is 0.472 e. The highest BCUT2D eigenvalue weighted by atomic mass is 31.2. The molecule has 0 aliphatic heterocycles. The number of nitrogens with one attached hydrogen (secondary N) is 1. The first-order valence-electron chi connectivity index (χ1n) is 29.1. The van der Waals surface area contributed by atoms with Crippen molar-refractivity contribution in [1.29, 1.82) is 0 Å². The lowest BCUT2D eigenvalue weighted by atomic mass is 10.0. The van der Waals surface area contributed by atoms with E-state index in [2.05, 4.69) is 104 Å². The number of likely N-dealkylation sites (N-methyl/N-ethyl adjacent to an activating group) is 1. The highest BCUT2D eigenvalue weighted by Gasteiger charge is 2.27. The van der Waals surface area contributed by atoms with Gasteiger partial charge in [-0.1, -0.05) is 246 Å². The van der Waals surface area contributed by atoms with Gasteiger partial charge in [0.25, 0.3) is 0 Å². The Hall–Kier alpha value is -2.58. The van der Waals surface area contributed by atoms with Crippen LogP contribution < -0.4 is 5.32 Å². The van der Waals surface area contributed by atoms with E-state index in [1.54, 1.807) is 6.08 Å². The van der Waals surface area contributed by atoms with Gasteiger partial charge < -0.3 is 19.8 Å². The van der Waals surface area contributed by atoms with E-state index < -0.39 is 20.0 Å². The largest absolute Gasteiger partial charge is 0.472 e. The number of phosphoric ester groups is 1.